The molecule has 0 bridgehead atoms. The molecule has 33 heavy (non-hydrogen) atoms. The molecule has 4 rings (SSSR count). The Kier molecular flexibility index (Phi) is 6.73. The Balaban J connectivity index is 1.37. The van der Waals surface area contributed by atoms with Gasteiger partial charge in [0.2, 0.25) is 5.89 Å². The number of hydrogen-bond acceptors (Lipinski definition) is 7. The summed E-state index contributed by atoms with van der Waals surface area (Å²) in [6, 6.07) is 15.4. The third kappa shape index (κ3) is 5.41. The molecule has 170 valence electrons. The van der Waals surface area contributed by atoms with E-state index in [9.17, 15) is 9.59 Å². The number of nitrogens with zero attached hydrogens (tertiary/aromatic N) is 2. The maximum Gasteiger partial charge on any atom is 0.417 e. The maximum absolute atomic E-state index is 12.0. The first kappa shape index (κ1) is 22.1. The van der Waals surface area contributed by atoms with Gasteiger partial charge in [-0.3, -0.25) is 4.79 Å². The Labute approximate surface area is 191 Å². The predicted molar refractivity (Wildman–Crippen MR) is 121 cm³/mol. The van der Waals surface area contributed by atoms with E-state index in [0.29, 0.717) is 35.9 Å². The highest BCUT2D eigenvalue weighted by Crippen LogP contribution is 2.30. The lowest BCUT2D eigenvalue weighted by atomic mass is 10.1. The number of likely N-dealkylation sites (N-methyl/N-ethyl adjacent to an activating group) is 1. The molecule has 1 saturated heterocycles. The fourth-order valence-electron chi connectivity index (χ4n) is 3.38. The maximum atomic E-state index is 12.0. The fourth-order valence-corrected chi connectivity index (χ4v) is 3.38. The first-order valence-corrected chi connectivity index (χ1v) is 10.5. The van der Waals surface area contributed by atoms with Gasteiger partial charge in [-0.05, 0) is 42.2 Å². The van der Waals surface area contributed by atoms with E-state index in [0.717, 1.165) is 16.0 Å². The molecule has 2 aromatic carbocycles. The molecule has 2 amide bonds. The first-order chi connectivity index (χ1) is 16.0. The van der Waals surface area contributed by atoms with E-state index >= 15 is 0 Å². The molecule has 0 N–H and O–H groups in total. The predicted octanol–water partition coefficient (Wildman–Crippen LogP) is 4.34. The van der Waals surface area contributed by atoms with E-state index in [1.165, 1.54) is 7.05 Å². The Hall–Kier alpha value is -4.07. The van der Waals surface area contributed by atoms with Gasteiger partial charge in [0.05, 0.1) is 7.11 Å². The standard InChI is InChI=1S/C25H24N2O6/c1-27-24(28)21(33-25(27)29)12-9-18-8-11-20(30-2)22(14-18)31-15-19-16-32-23(26-19)13-10-17-6-4-3-5-7-17/h3-8,10-11,13-14,16,21H,9,12,15H2,1-2H3/b13-10+. The zero-order valence-corrected chi connectivity index (χ0v) is 18.4. The average Bonchev–Trinajstić information content (AvgIpc) is 3.40. The molecule has 1 unspecified atom stereocenters. The van der Waals surface area contributed by atoms with Crippen molar-refractivity contribution in [1.29, 1.82) is 0 Å². The van der Waals surface area contributed by atoms with Crippen LogP contribution in [0, 0.1) is 0 Å². The van der Waals surface area contributed by atoms with Crippen LogP contribution in [0.25, 0.3) is 12.2 Å². The number of amides is 2. The zero-order valence-electron chi connectivity index (χ0n) is 18.4. The third-order valence-electron chi connectivity index (χ3n) is 5.21. The van der Waals surface area contributed by atoms with Crippen molar-refractivity contribution < 1.29 is 28.2 Å². The average molecular weight is 448 g/mol. The quantitative estimate of drug-likeness (QED) is 0.481. The Morgan fingerprint density at radius 1 is 1.09 bits per heavy atom. The number of cyclic esters (lactones) is 1. The summed E-state index contributed by atoms with van der Waals surface area (Å²) in [6.07, 6.45) is 4.83. The van der Waals surface area contributed by atoms with E-state index in [2.05, 4.69) is 4.98 Å². The van der Waals surface area contributed by atoms with E-state index in [4.69, 9.17) is 18.6 Å². The number of methoxy groups -OCH3 is 1. The van der Waals surface area contributed by atoms with Crippen molar-refractivity contribution in [2.24, 2.45) is 0 Å². The molecule has 0 aliphatic carbocycles. The molecule has 1 atom stereocenters. The number of aryl methyl sites for hydroxylation is 1. The van der Waals surface area contributed by atoms with Gasteiger partial charge in [0, 0.05) is 13.1 Å². The number of benzene rings is 2. The largest absolute Gasteiger partial charge is 0.493 e. The third-order valence-corrected chi connectivity index (χ3v) is 5.21. The van der Waals surface area contributed by atoms with Gasteiger partial charge in [0.25, 0.3) is 5.91 Å². The highest BCUT2D eigenvalue weighted by atomic mass is 16.6. The van der Waals surface area contributed by atoms with Crippen molar-refractivity contribution in [2.75, 3.05) is 14.2 Å². The van der Waals surface area contributed by atoms with Crippen molar-refractivity contribution in [1.82, 2.24) is 9.88 Å². The molecular weight excluding hydrogens is 424 g/mol. The Bertz CT molecular complexity index is 1150. The van der Waals surface area contributed by atoms with Crippen LogP contribution in [-0.2, 0) is 22.6 Å². The fraction of sp³-hybridized carbons (Fsp3) is 0.240. The van der Waals surface area contributed by atoms with Crippen molar-refractivity contribution in [3.05, 3.63) is 77.5 Å². The Morgan fingerprint density at radius 3 is 2.64 bits per heavy atom. The summed E-state index contributed by atoms with van der Waals surface area (Å²) < 4.78 is 21.9. The topological polar surface area (TPSA) is 91.1 Å². The summed E-state index contributed by atoms with van der Waals surface area (Å²) in [6.45, 7) is 0.200. The molecule has 1 aliphatic rings. The van der Waals surface area contributed by atoms with Crippen LogP contribution < -0.4 is 9.47 Å². The van der Waals surface area contributed by atoms with Crippen LogP contribution in [-0.4, -0.2) is 42.1 Å². The van der Waals surface area contributed by atoms with Gasteiger partial charge in [0.15, 0.2) is 17.6 Å². The van der Waals surface area contributed by atoms with Gasteiger partial charge in [-0.1, -0.05) is 36.4 Å². The number of carbonyl (C=O) groups is 2. The van der Waals surface area contributed by atoms with Crippen LogP contribution in [0.3, 0.4) is 0 Å². The number of oxazole rings is 1. The van der Waals surface area contributed by atoms with Gasteiger partial charge in [-0.25, -0.2) is 14.7 Å². The molecule has 0 saturated carbocycles. The summed E-state index contributed by atoms with van der Waals surface area (Å²) in [5, 5.41) is 0. The molecule has 1 aromatic heterocycles. The summed E-state index contributed by atoms with van der Waals surface area (Å²) in [4.78, 5) is 28.9. The minimum absolute atomic E-state index is 0.200. The van der Waals surface area contributed by atoms with Gasteiger partial charge in [0.1, 0.15) is 18.6 Å². The summed E-state index contributed by atoms with van der Waals surface area (Å²) >= 11 is 0. The van der Waals surface area contributed by atoms with Crippen molar-refractivity contribution in [3.8, 4) is 11.5 Å². The molecule has 8 nitrogen and oxygen atoms in total. The molecule has 3 aromatic rings. The molecule has 0 radical (unpaired) electrons. The number of hydrogen-bond donors (Lipinski definition) is 0. The lowest BCUT2D eigenvalue weighted by Crippen LogP contribution is -2.27. The number of ether oxygens (including phenoxy) is 3. The normalized spacial score (nSPS) is 15.8. The van der Waals surface area contributed by atoms with Crippen molar-refractivity contribution >= 4 is 24.2 Å². The smallest absolute Gasteiger partial charge is 0.417 e. The molecule has 8 heteroatoms. The van der Waals surface area contributed by atoms with Crippen LogP contribution >= 0.6 is 0 Å². The number of carbonyl (C=O) groups excluding carboxylic acids is 2. The lowest BCUT2D eigenvalue weighted by molar-refractivity contribution is -0.129. The van der Waals surface area contributed by atoms with E-state index in [-0.39, 0.29) is 12.5 Å². The highest BCUT2D eigenvalue weighted by Gasteiger charge is 2.37. The van der Waals surface area contributed by atoms with Gasteiger partial charge >= 0.3 is 6.09 Å². The van der Waals surface area contributed by atoms with Crippen LogP contribution in [0.15, 0.2) is 59.2 Å². The van der Waals surface area contributed by atoms with Gasteiger partial charge in [-0.2, -0.15) is 0 Å². The number of imide groups is 1. The van der Waals surface area contributed by atoms with Gasteiger partial charge in [-0.15, -0.1) is 0 Å². The first-order valence-electron chi connectivity index (χ1n) is 10.5. The van der Waals surface area contributed by atoms with Crippen LogP contribution in [0.1, 0.15) is 29.1 Å². The summed E-state index contributed by atoms with van der Waals surface area (Å²) in [5.41, 5.74) is 2.62. The highest BCUT2D eigenvalue weighted by molar-refractivity contribution is 5.99. The van der Waals surface area contributed by atoms with E-state index in [1.807, 2.05) is 48.5 Å². The van der Waals surface area contributed by atoms with Crippen LogP contribution in [0.5, 0.6) is 11.5 Å². The lowest BCUT2D eigenvalue weighted by Gasteiger charge is -2.12. The Morgan fingerprint density at radius 2 is 1.91 bits per heavy atom. The molecule has 1 aliphatic heterocycles. The van der Waals surface area contributed by atoms with Crippen LogP contribution in [0.4, 0.5) is 4.79 Å². The SMILES string of the molecule is COc1ccc(CCC2OC(=O)N(C)C2=O)cc1OCc1coc(/C=C/c2ccccc2)n1. The van der Waals surface area contributed by atoms with E-state index in [1.54, 1.807) is 25.5 Å². The molecule has 2 heterocycles. The monoisotopic (exact) mass is 448 g/mol. The second-order valence-electron chi connectivity index (χ2n) is 7.50. The van der Waals surface area contributed by atoms with Crippen LogP contribution in [0.2, 0.25) is 0 Å². The van der Waals surface area contributed by atoms with E-state index < -0.39 is 12.2 Å². The van der Waals surface area contributed by atoms with Crippen molar-refractivity contribution in [2.45, 2.75) is 25.6 Å². The number of rotatable bonds is 9. The molecule has 1 fully saturated rings. The minimum atomic E-state index is -0.758. The summed E-state index contributed by atoms with van der Waals surface area (Å²) in [5.74, 6) is 1.29. The molecule has 0 spiro atoms. The van der Waals surface area contributed by atoms with Gasteiger partial charge < -0.3 is 18.6 Å². The summed E-state index contributed by atoms with van der Waals surface area (Å²) in [7, 11) is 2.98. The second kappa shape index (κ2) is 10.0. The minimum Gasteiger partial charge on any atom is -0.493 e. The number of aromatic nitrogens is 1. The van der Waals surface area contributed by atoms with Crippen molar-refractivity contribution in [3.63, 3.8) is 0 Å². The zero-order chi connectivity index (χ0) is 23.2. The second-order valence-corrected chi connectivity index (χ2v) is 7.50. The molecular formula is C25H24N2O6.